The second kappa shape index (κ2) is 8.55. The standard InChI is InChI=1S/C26H27NO8S/c1-13-8-14(2)23-17(9-13)22(28)20-21(15-10-18(32-3)24(34-5)19(11-15)33-4)27(26(29)25(20)35-23)16-6-7-36(30,31)12-16/h8-11,16,21H,6-7,12H2,1-5H3. The van der Waals surface area contributed by atoms with E-state index < -0.39 is 27.8 Å². The van der Waals surface area contributed by atoms with Gasteiger partial charge in [0.25, 0.3) is 5.91 Å². The van der Waals surface area contributed by atoms with Gasteiger partial charge in [0.15, 0.2) is 26.8 Å². The van der Waals surface area contributed by atoms with Crippen LogP contribution < -0.4 is 19.6 Å². The van der Waals surface area contributed by atoms with Gasteiger partial charge in [-0.25, -0.2) is 8.42 Å². The van der Waals surface area contributed by atoms with Crippen molar-refractivity contribution in [1.29, 1.82) is 0 Å². The maximum atomic E-state index is 13.9. The van der Waals surface area contributed by atoms with E-state index in [1.807, 2.05) is 19.9 Å². The Bertz CT molecular complexity index is 1550. The zero-order chi connectivity index (χ0) is 25.9. The highest BCUT2D eigenvalue weighted by molar-refractivity contribution is 7.91. The summed E-state index contributed by atoms with van der Waals surface area (Å²) in [5.41, 5.74) is 2.35. The molecule has 1 aromatic heterocycles. The lowest BCUT2D eigenvalue weighted by Gasteiger charge is -2.30. The summed E-state index contributed by atoms with van der Waals surface area (Å²) in [5, 5.41) is 0.373. The summed E-state index contributed by atoms with van der Waals surface area (Å²) >= 11 is 0. The Morgan fingerprint density at radius 1 is 0.972 bits per heavy atom. The Hall–Kier alpha value is -3.53. The van der Waals surface area contributed by atoms with Crippen molar-refractivity contribution in [2.45, 2.75) is 32.4 Å². The monoisotopic (exact) mass is 513 g/mol. The van der Waals surface area contributed by atoms with E-state index in [1.54, 1.807) is 18.2 Å². The highest BCUT2D eigenvalue weighted by atomic mass is 32.2. The summed E-state index contributed by atoms with van der Waals surface area (Å²) in [4.78, 5) is 29.2. The molecule has 1 amide bonds. The first kappa shape index (κ1) is 24.2. The first-order chi connectivity index (χ1) is 17.1. The number of hydrogen-bond donors (Lipinski definition) is 0. The maximum Gasteiger partial charge on any atom is 0.291 e. The van der Waals surface area contributed by atoms with E-state index >= 15 is 0 Å². The smallest absolute Gasteiger partial charge is 0.291 e. The van der Waals surface area contributed by atoms with Crippen LogP contribution in [0.2, 0.25) is 0 Å². The second-order valence-corrected chi connectivity index (χ2v) is 11.5. The number of carbonyl (C=O) groups excluding carboxylic acids is 1. The van der Waals surface area contributed by atoms with Crippen molar-refractivity contribution in [3.8, 4) is 17.2 Å². The number of hydrogen-bond acceptors (Lipinski definition) is 8. The van der Waals surface area contributed by atoms with E-state index in [-0.39, 0.29) is 34.7 Å². The second-order valence-electron chi connectivity index (χ2n) is 9.26. The van der Waals surface area contributed by atoms with Crippen molar-refractivity contribution < 1.29 is 31.8 Å². The molecule has 0 spiro atoms. The van der Waals surface area contributed by atoms with Crippen LogP contribution in [-0.2, 0) is 9.84 Å². The van der Waals surface area contributed by atoms with E-state index in [9.17, 15) is 18.0 Å². The third-order valence-electron chi connectivity index (χ3n) is 6.94. The molecule has 190 valence electrons. The van der Waals surface area contributed by atoms with Gasteiger partial charge >= 0.3 is 0 Å². The number of sulfone groups is 1. The molecule has 2 atom stereocenters. The zero-order valence-electron chi connectivity index (χ0n) is 20.7. The van der Waals surface area contributed by atoms with Crippen LogP contribution in [0, 0.1) is 13.8 Å². The van der Waals surface area contributed by atoms with Crippen LogP contribution in [0.1, 0.15) is 45.3 Å². The maximum absolute atomic E-state index is 13.9. The van der Waals surface area contributed by atoms with Crippen molar-refractivity contribution in [3.05, 3.63) is 62.5 Å². The number of amides is 1. The minimum atomic E-state index is -3.32. The van der Waals surface area contributed by atoms with E-state index in [0.29, 0.717) is 33.8 Å². The van der Waals surface area contributed by atoms with Gasteiger partial charge in [0.05, 0.1) is 49.8 Å². The summed E-state index contributed by atoms with van der Waals surface area (Å²) < 4.78 is 47.3. The van der Waals surface area contributed by atoms with Crippen molar-refractivity contribution in [2.75, 3.05) is 32.8 Å². The highest BCUT2D eigenvalue weighted by Gasteiger charge is 2.49. The average molecular weight is 514 g/mol. The van der Waals surface area contributed by atoms with Crippen LogP contribution >= 0.6 is 0 Å². The predicted octanol–water partition coefficient (Wildman–Crippen LogP) is 3.17. The third-order valence-corrected chi connectivity index (χ3v) is 8.69. The Morgan fingerprint density at radius 2 is 1.64 bits per heavy atom. The highest BCUT2D eigenvalue weighted by Crippen LogP contribution is 2.46. The molecule has 0 bridgehead atoms. The fourth-order valence-corrected chi connectivity index (χ4v) is 7.11. The molecule has 0 aliphatic carbocycles. The van der Waals surface area contributed by atoms with Crippen molar-refractivity contribution in [1.82, 2.24) is 4.90 Å². The lowest BCUT2D eigenvalue weighted by atomic mass is 9.96. The van der Waals surface area contributed by atoms with Crippen LogP contribution in [0.25, 0.3) is 11.0 Å². The molecule has 0 N–H and O–H groups in total. The Balaban J connectivity index is 1.82. The minimum absolute atomic E-state index is 0.0264. The molecule has 3 heterocycles. The van der Waals surface area contributed by atoms with Crippen LogP contribution in [0.15, 0.2) is 33.5 Å². The van der Waals surface area contributed by atoms with Crippen molar-refractivity contribution in [3.63, 3.8) is 0 Å². The molecule has 9 nitrogen and oxygen atoms in total. The summed E-state index contributed by atoms with van der Waals surface area (Å²) in [6.45, 7) is 3.71. The Labute approximate surface area is 208 Å². The molecule has 5 rings (SSSR count). The average Bonchev–Trinajstić information content (AvgIpc) is 3.34. The molecule has 10 heteroatoms. The van der Waals surface area contributed by atoms with Gasteiger partial charge in [0.2, 0.25) is 11.5 Å². The number of methoxy groups -OCH3 is 3. The molecular weight excluding hydrogens is 486 g/mol. The van der Waals surface area contributed by atoms with E-state index in [0.717, 1.165) is 11.1 Å². The molecule has 2 aliphatic heterocycles. The van der Waals surface area contributed by atoms with Gasteiger partial charge in [-0.3, -0.25) is 9.59 Å². The largest absolute Gasteiger partial charge is 0.493 e. The molecule has 2 aromatic carbocycles. The molecule has 0 saturated carbocycles. The molecule has 36 heavy (non-hydrogen) atoms. The summed E-state index contributed by atoms with van der Waals surface area (Å²) in [7, 11) is 1.12. The number of benzene rings is 2. The van der Waals surface area contributed by atoms with Crippen molar-refractivity contribution in [2.24, 2.45) is 0 Å². The molecule has 1 fully saturated rings. The van der Waals surface area contributed by atoms with Crippen LogP contribution in [-0.4, -0.2) is 58.1 Å². The first-order valence-electron chi connectivity index (χ1n) is 11.5. The van der Waals surface area contributed by atoms with Gasteiger partial charge < -0.3 is 23.5 Å². The number of aryl methyl sites for hydroxylation is 2. The third kappa shape index (κ3) is 3.62. The van der Waals surface area contributed by atoms with Crippen molar-refractivity contribution >= 4 is 26.7 Å². The quantitative estimate of drug-likeness (QED) is 0.511. The SMILES string of the molecule is COc1cc(C2c3c(oc4c(C)cc(C)cc4c3=O)C(=O)N2C2CCS(=O)(=O)C2)cc(OC)c1OC. The Morgan fingerprint density at radius 3 is 2.19 bits per heavy atom. The molecule has 2 aliphatic rings. The fourth-order valence-electron chi connectivity index (χ4n) is 5.40. The van der Waals surface area contributed by atoms with Gasteiger partial charge in [0.1, 0.15) is 5.58 Å². The van der Waals surface area contributed by atoms with E-state index in [2.05, 4.69) is 0 Å². The normalized spacial score (nSPS) is 20.6. The van der Waals surface area contributed by atoms with E-state index in [1.165, 1.54) is 26.2 Å². The molecule has 1 saturated heterocycles. The molecule has 2 unspecified atom stereocenters. The van der Waals surface area contributed by atoms with Gasteiger partial charge in [-0.15, -0.1) is 0 Å². The summed E-state index contributed by atoms with van der Waals surface area (Å²) in [6.07, 6.45) is 0.273. The summed E-state index contributed by atoms with van der Waals surface area (Å²) in [5.74, 6) is 0.278. The first-order valence-corrected chi connectivity index (χ1v) is 13.3. The van der Waals surface area contributed by atoms with Crippen LogP contribution in [0.5, 0.6) is 17.2 Å². The van der Waals surface area contributed by atoms with Gasteiger partial charge in [-0.1, -0.05) is 6.07 Å². The lowest BCUT2D eigenvalue weighted by Crippen LogP contribution is -2.40. The zero-order valence-corrected chi connectivity index (χ0v) is 21.5. The van der Waals surface area contributed by atoms with E-state index in [4.69, 9.17) is 18.6 Å². The molecule has 3 aromatic rings. The van der Waals surface area contributed by atoms with Crippen LogP contribution in [0.4, 0.5) is 0 Å². The lowest BCUT2D eigenvalue weighted by molar-refractivity contribution is 0.0662. The molecular formula is C26H27NO8S. The number of rotatable bonds is 5. The fraction of sp³-hybridized carbons (Fsp3) is 0.385. The topological polar surface area (TPSA) is 112 Å². The number of ether oxygens (including phenoxy) is 3. The Kier molecular flexibility index (Phi) is 5.74. The number of fused-ring (bicyclic) bond motifs is 2. The number of carbonyl (C=O) groups is 1. The van der Waals surface area contributed by atoms with Crippen LogP contribution in [0.3, 0.4) is 0 Å². The molecule has 0 radical (unpaired) electrons. The van der Waals surface area contributed by atoms with Gasteiger partial charge in [-0.2, -0.15) is 0 Å². The minimum Gasteiger partial charge on any atom is -0.493 e. The summed E-state index contributed by atoms with van der Waals surface area (Å²) in [6, 6.07) is 5.48. The number of nitrogens with zero attached hydrogens (tertiary/aromatic N) is 1. The van der Waals surface area contributed by atoms with Gasteiger partial charge in [0, 0.05) is 6.04 Å². The van der Waals surface area contributed by atoms with Gasteiger partial charge in [-0.05, 0) is 55.2 Å². The predicted molar refractivity (Wildman–Crippen MR) is 133 cm³/mol.